The number of rotatable bonds is 5. The van der Waals surface area contributed by atoms with Crippen LogP contribution in [0.25, 0.3) is 0 Å². The van der Waals surface area contributed by atoms with Gasteiger partial charge in [0.05, 0.1) is 13.2 Å². The molecule has 21 heavy (non-hydrogen) atoms. The Balaban J connectivity index is 1.92. The minimum atomic E-state index is -0.476. The lowest BCUT2D eigenvalue weighted by Gasteiger charge is -2.29. The number of carbonyl (C=O) groups is 1. The number of hydrogen-bond acceptors (Lipinski definition) is 4. The highest BCUT2D eigenvalue weighted by Gasteiger charge is 2.23. The largest absolute Gasteiger partial charge is 0.481 e. The number of hydrogen-bond donors (Lipinski definition) is 1. The molecule has 0 aromatic heterocycles. The topological polar surface area (TPSA) is 50.8 Å². The van der Waals surface area contributed by atoms with Crippen LogP contribution in [0, 0.1) is 0 Å². The molecule has 5 heteroatoms. The van der Waals surface area contributed by atoms with E-state index in [1.807, 2.05) is 31.3 Å². The molecule has 0 radical (unpaired) electrons. The third kappa shape index (κ3) is 4.19. The van der Waals surface area contributed by atoms with Crippen molar-refractivity contribution in [3.05, 3.63) is 29.8 Å². The fourth-order valence-electron chi connectivity index (χ4n) is 2.30. The van der Waals surface area contributed by atoms with Crippen LogP contribution in [0.15, 0.2) is 24.3 Å². The zero-order valence-electron chi connectivity index (χ0n) is 13.0. The lowest BCUT2D eigenvalue weighted by atomic mass is 10.1. The summed E-state index contributed by atoms with van der Waals surface area (Å²) in [6.07, 6.45) is -0.476. The van der Waals surface area contributed by atoms with Gasteiger partial charge in [0.25, 0.3) is 5.91 Å². The van der Waals surface area contributed by atoms with Gasteiger partial charge in [0.15, 0.2) is 6.10 Å². The molecule has 1 aromatic carbocycles. The van der Waals surface area contributed by atoms with Crippen LogP contribution < -0.4 is 10.1 Å². The van der Waals surface area contributed by atoms with Crippen molar-refractivity contribution in [1.29, 1.82) is 0 Å². The number of morpholine rings is 1. The third-order valence-corrected chi connectivity index (χ3v) is 3.80. The molecule has 1 amide bonds. The van der Waals surface area contributed by atoms with E-state index in [4.69, 9.17) is 9.47 Å². The first-order valence-electron chi connectivity index (χ1n) is 7.42. The summed E-state index contributed by atoms with van der Waals surface area (Å²) in [6.45, 7) is 6.39. The molecule has 2 unspecified atom stereocenters. The molecule has 1 N–H and O–H groups in total. The average Bonchev–Trinajstić information content (AvgIpc) is 2.55. The first-order chi connectivity index (χ1) is 10.1. The van der Waals surface area contributed by atoms with Crippen molar-refractivity contribution < 1.29 is 14.3 Å². The lowest BCUT2D eigenvalue weighted by Crippen LogP contribution is -2.46. The van der Waals surface area contributed by atoms with E-state index >= 15 is 0 Å². The van der Waals surface area contributed by atoms with Crippen LogP contribution in [0.1, 0.15) is 25.5 Å². The highest BCUT2D eigenvalue weighted by Crippen LogP contribution is 2.18. The van der Waals surface area contributed by atoms with E-state index in [9.17, 15) is 4.79 Å². The Morgan fingerprint density at radius 1 is 1.24 bits per heavy atom. The molecule has 116 valence electrons. The van der Waals surface area contributed by atoms with Crippen molar-refractivity contribution >= 4 is 5.91 Å². The summed E-state index contributed by atoms with van der Waals surface area (Å²) in [5.41, 5.74) is 1.19. The van der Waals surface area contributed by atoms with Crippen LogP contribution in [0.5, 0.6) is 5.75 Å². The molecule has 0 aliphatic carbocycles. The van der Waals surface area contributed by atoms with Gasteiger partial charge in [0, 0.05) is 19.1 Å². The van der Waals surface area contributed by atoms with Crippen LogP contribution in [-0.2, 0) is 9.53 Å². The van der Waals surface area contributed by atoms with Gasteiger partial charge in [-0.3, -0.25) is 4.79 Å². The van der Waals surface area contributed by atoms with Gasteiger partial charge in [0.2, 0.25) is 0 Å². The summed E-state index contributed by atoms with van der Waals surface area (Å²) >= 11 is 0. The van der Waals surface area contributed by atoms with Gasteiger partial charge in [-0.1, -0.05) is 12.1 Å². The molecule has 1 heterocycles. The second-order valence-corrected chi connectivity index (χ2v) is 5.28. The predicted octanol–water partition coefficient (Wildman–Crippen LogP) is 1.59. The van der Waals surface area contributed by atoms with Crippen molar-refractivity contribution in [2.45, 2.75) is 26.0 Å². The summed E-state index contributed by atoms with van der Waals surface area (Å²) in [7, 11) is 1.93. The number of amides is 1. The number of ether oxygens (including phenoxy) is 2. The minimum Gasteiger partial charge on any atom is -0.481 e. The highest BCUT2D eigenvalue weighted by atomic mass is 16.5. The number of carbonyl (C=O) groups excluding carboxylic acids is 1. The molecule has 1 aliphatic heterocycles. The Bertz CT molecular complexity index is 455. The van der Waals surface area contributed by atoms with Crippen LogP contribution in [0.4, 0.5) is 0 Å². The summed E-state index contributed by atoms with van der Waals surface area (Å²) in [4.78, 5) is 14.1. The van der Waals surface area contributed by atoms with Gasteiger partial charge in [-0.15, -0.1) is 0 Å². The second-order valence-electron chi connectivity index (χ2n) is 5.28. The van der Waals surface area contributed by atoms with Gasteiger partial charge < -0.3 is 19.7 Å². The van der Waals surface area contributed by atoms with Crippen LogP contribution in [0.2, 0.25) is 0 Å². The van der Waals surface area contributed by atoms with Gasteiger partial charge >= 0.3 is 0 Å². The van der Waals surface area contributed by atoms with E-state index < -0.39 is 6.10 Å². The molecule has 1 saturated heterocycles. The molecule has 1 aromatic rings. The quantitative estimate of drug-likeness (QED) is 0.895. The van der Waals surface area contributed by atoms with Crippen molar-refractivity contribution in [3.8, 4) is 5.75 Å². The van der Waals surface area contributed by atoms with Crippen molar-refractivity contribution in [2.24, 2.45) is 0 Å². The Hall–Kier alpha value is -1.59. The summed E-state index contributed by atoms with van der Waals surface area (Å²) < 4.78 is 11.0. The monoisotopic (exact) mass is 292 g/mol. The van der Waals surface area contributed by atoms with E-state index in [0.29, 0.717) is 32.3 Å². The number of benzene rings is 1. The van der Waals surface area contributed by atoms with Gasteiger partial charge in [-0.25, -0.2) is 0 Å². The van der Waals surface area contributed by atoms with Crippen molar-refractivity contribution in [2.75, 3.05) is 33.4 Å². The first-order valence-corrected chi connectivity index (χ1v) is 7.42. The van der Waals surface area contributed by atoms with Crippen LogP contribution in [0.3, 0.4) is 0 Å². The van der Waals surface area contributed by atoms with Gasteiger partial charge in [0.1, 0.15) is 5.75 Å². The number of nitrogens with zero attached hydrogens (tertiary/aromatic N) is 1. The van der Waals surface area contributed by atoms with E-state index in [1.165, 1.54) is 5.56 Å². The Kier molecular flexibility index (Phi) is 5.59. The maximum atomic E-state index is 12.3. The molecule has 1 aliphatic rings. The lowest BCUT2D eigenvalue weighted by molar-refractivity contribution is -0.142. The van der Waals surface area contributed by atoms with Gasteiger partial charge in [-0.2, -0.15) is 0 Å². The predicted molar refractivity (Wildman–Crippen MR) is 81.4 cm³/mol. The summed E-state index contributed by atoms with van der Waals surface area (Å²) in [6, 6.07) is 8.15. The molecular formula is C16H24N2O3. The van der Waals surface area contributed by atoms with Crippen LogP contribution in [-0.4, -0.2) is 50.3 Å². The van der Waals surface area contributed by atoms with E-state index in [-0.39, 0.29) is 5.91 Å². The summed E-state index contributed by atoms with van der Waals surface area (Å²) in [5, 5.41) is 3.19. The van der Waals surface area contributed by atoms with Gasteiger partial charge in [-0.05, 0) is 38.6 Å². The molecule has 0 bridgehead atoms. The van der Waals surface area contributed by atoms with Crippen molar-refractivity contribution in [3.63, 3.8) is 0 Å². The maximum Gasteiger partial charge on any atom is 0.263 e. The Morgan fingerprint density at radius 3 is 2.43 bits per heavy atom. The molecule has 1 fully saturated rings. The molecule has 2 rings (SSSR count). The third-order valence-electron chi connectivity index (χ3n) is 3.80. The zero-order valence-corrected chi connectivity index (χ0v) is 13.0. The van der Waals surface area contributed by atoms with Crippen LogP contribution >= 0.6 is 0 Å². The Labute approximate surface area is 126 Å². The number of nitrogens with one attached hydrogen (secondary N) is 1. The fraction of sp³-hybridized carbons (Fsp3) is 0.562. The Morgan fingerprint density at radius 2 is 1.86 bits per heavy atom. The standard InChI is InChI=1S/C16H24N2O3/c1-12(17-3)14-4-6-15(7-5-14)21-13(2)16(19)18-8-10-20-11-9-18/h4-7,12-13,17H,8-11H2,1-3H3. The van der Waals surface area contributed by atoms with Crippen molar-refractivity contribution in [1.82, 2.24) is 10.2 Å². The maximum absolute atomic E-state index is 12.3. The molecule has 0 saturated carbocycles. The molecular weight excluding hydrogens is 268 g/mol. The summed E-state index contributed by atoms with van der Waals surface area (Å²) in [5.74, 6) is 0.738. The highest BCUT2D eigenvalue weighted by molar-refractivity contribution is 5.81. The van der Waals surface area contributed by atoms with E-state index in [1.54, 1.807) is 11.8 Å². The first kappa shape index (κ1) is 15.8. The van der Waals surface area contributed by atoms with E-state index in [0.717, 1.165) is 5.75 Å². The SMILES string of the molecule is CNC(C)c1ccc(OC(C)C(=O)N2CCOCC2)cc1. The molecule has 0 spiro atoms. The second kappa shape index (κ2) is 7.43. The minimum absolute atomic E-state index is 0.0194. The smallest absolute Gasteiger partial charge is 0.263 e. The molecule has 5 nitrogen and oxygen atoms in total. The normalized spacial score (nSPS) is 18.1. The zero-order chi connectivity index (χ0) is 15.2. The molecule has 2 atom stereocenters. The van der Waals surface area contributed by atoms with E-state index in [2.05, 4.69) is 12.2 Å². The fourth-order valence-corrected chi connectivity index (χ4v) is 2.30. The average molecular weight is 292 g/mol.